The molecule has 0 saturated carbocycles. The molecule has 37 heavy (non-hydrogen) atoms. The number of β-amino-alcohol motifs (C(OH)–C–C–N with tert-alkyl or cyclic N) is 1. The van der Waals surface area contributed by atoms with Crippen LogP contribution in [-0.4, -0.2) is 66.3 Å². The molecule has 2 aliphatic rings. The zero-order valence-electron chi connectivity index (χ0n) is 22.6. The van der Waals surface area contributed by atoms with Crippen LogP contribution in [0.4, 0.5) is 10.1 Å². The highest BCUT2D eigenvalue weighted by Crippen LogP contribution is 2.42. The number of nitrogens with one attached hydrogen (secondary N) is 1. The van der Waals surface area contributed by atoms with Crippen molar-refractivity contribution in [3.8, 4) is 11.1 Å². The normalized spacial score (nSPS) is 18.6. The van der Waals surface area contributed by atoms with Crippen molar-refractivity contribution in [2.24, 2.45) is 15.4 Å². The molecule has 2 N–H and O–H groups in total. The summed E-state index contributed by atoms with van der Waals surface area (Å²) in [5.41, 5.74) is 4.42. The van der Waals surface area contributed by atoms with Gasteiger partial charge >= 0.3 is 0 Å². The van der Waals surface area contributed by atoms with Crippen LogP contribution in [0.25, 0.3) is 11.1 Å². The van der Waals surface area contributed by atoms with Gasteiger partial charge in [-0.05, 0) is 81.5 Å². The largest absolute Gasteiger partial charge is 0.389 e. The SMILES string of the molecule is C=N/C=N\C(=C(/C)Nc1ccc(F)cc1-c1ccccc1CC)N1CCC2(CC1)CN(CC(C)(C)O)C2. The smallest absolute Gasteiger partial charge is 0.149 e. The second-order valence-corrected chi connectivity index (χ2v) is 11.1. The number of aliphatic hydroxyl groups is 1. The van der Waals surface area contributed by atoms with E-state index in [1.807, 2.05) is 39.0 Å². The van der Waals surface area contributed by atoms with Gasteiger partial charge in [-0.2, -0.15) is 0 Å². The summed E-state index contributed by atoms with van der Waals surface area (Å²) in [6.07, 6.45) is 4.51. The van der Waals surface area contributed by atoms with Gasteiger partial charge in [0.1, 0.15) is 18.0 Å². The van der Waals surface area contributed by atoms with E-state index in [1.165, 1.54) is 18.0 Å². The molecule has 0 amide bonds. The lowest BCUT2D eigenvalue weighted by atomic mass is 9.71. The van der Waals surface area contributed by atoms with Crippen molar-refractivity contribution < 1.29 is 9.50 Å². The van der Waals surface area contributed by atoms with E-state index < -0.39 is 5.60 Å². The van der Waals surface area contributed by atoms with Crippen LogP contribution >= 0.6 is 0 Å². The number of hydrogen-bond acceptors (Lipinski definition) is 5. The van der Waals surface area contributed by atoms with E-state index in [9.17, 15) is 9.50 Å². The minimum Gasteiger partial charge on any atom is -0.389 e. The Kier molecular flexibility index (Phi) is 8.14. The summed E-state index contributed by atoms with van der Waals surface area (Å²) in [5, 5.41) is 13.7. The highest BCUT2D eigenvalue weighted by molar-refractivity contribution is 5.81. The van der Waals surface area contributed by atoms with Crippen molar-refractivity contribution in [2.75, 3.05) is 38.0 Å². The van der Waals surface area contributed by atoms with Gasteiger partial charge in [0.25, 0.3) is 0 Å². The summed E-state index contributed by atoms with van der Waals surface area (Å²) < 4.78 is 14.3. The molecule has 6 nitrogen and oxygen atoms in total. The number of aliphatic imine (C=N–C) groups is 2. The molecule has 0 radical (unpaired) electrons. The lowest BCUT2D eigenvalue weighted by molar-refractivity contribution is -0.0773. The molecule has 0 atom stereocenters. The van der Waals surface area contributed by atoms with Gasteiger partial charge in [0, 0.05) is 44.0 Å². The molecule has 2 aromatic carbocycles. The average Bonchev–Trinajstić information content (AvgIpc) is 2.84. The number of piperidine rings is 1. The number of nitrogens with zero attached hydrogens (tertiary/aromatic N) is 4. The molecule has 0 aromatic heterocycles. The van der Waals surface area contributed by atoms with E-state index in [0.29, 0.717) is 12.0 Å². The highest BCUT2D eigenvalue weighted by atomic mass is 19.1. The summed E-state index contributed by atoms with van der Waals surface area (Å²) in [5.74, 6) is 0.566. The zero-order chi connectivity index (χ0) is 26.6. The molecule has 4 rings (SSSR count). The molecule has 198 valence electrons. The summed E-state index contributed by atoms with van der Waals surface area (Å²) in [4.78, 5) is 13.1. The standard InChI is InChI=1S/C30H40FN5O/c1-6-23-9-7-8-10-25(23)26-17-24(31)11-12-27(26)34-22(2)28(33-21-32-5)36-15-13-30(14-16-36)19-35(20-30)18-29(3,4)37/h7-12,17,21,34,37H,5-6,13-16,18-20H2,1-4H3/b28-22-,33-21-. The van der Waals surface area contributed by atoms with Gasteiger partial charge < -0.3 is 15.3 Å². The third-order valence-electron chi connectivity index (χ3n) is 7.44. The molecule has 2 aromatic rings. The predicted octanol–water partition coefficient (Wildman–Crippen LogP) is 5.55. The van der Waals surface area contributed by atoms with E-state index in [0.717, 1.165) is 73.8 Å². The monoisotopic (exact) mass is 505 g/mol. The van der Waals surface area contributed by atoms with Crippen molar-refractivity contribution in [3.63, 3.8) is 0 Å². The Balaban J connectivity index is 1.54. The average molecular weight is 506 g/mol. The lowest BCUT2D eigenvalue weighted by Crippen LogP contribution is -2.62. The first-order valence-corrected chi connectivity index (χ1v) is 13.2. The van der Waals surface area contributed by atoms with Crippen LogP contribution in [0, 0.1) is 11.2 Å². The van der Waals surface area contributed by atoms with E-state index in [-0.39, 0.29) is 5.82 Å². The Hall–Kier alpha value is -3.03. The minimum absolute atomic E-state index is 0.261. The topological polar surface area (TPSA) is 63.5 Å². The number of hydrogen-bond donors (Lipinski definition) is 2. The van der Waals surface area contributed by atoms with Crippen LogP contribution in [0.2, 0.25) is 0 Å². The van der Waals surface area contributed by atoms with Crippen LogP contribution in [0.5, 0.6) is 0 Å². The molecule has 2 saturated heterocycles. The summed E-state index contributed by atoms with van der Waals surface area (Å²) in [6.45, 7) is 16.0. The molecule has 0 unspecified atom stereocenters. The predicted molar refractivity (Wildman–Crippen MR) is 152 cm³/mol. The molecule has 2 fully saturated rings. The molecule has 2 heterocycles. The molecule has 0 bridgehead atoms. The number of rotatable bonds is 9. The quantitative estimate of drug-likeness (QED) is 0.346. The maximum Gasteiger partial charge on any atom is 0.149 e. The second kappa shape index (κ2) is 11.2. The number of halogens is 1. The third kappa shape index (κ3) is 6.46. The maximum absolute atomic E-state index is 14.3. The Bertz CT molecular complexity index is 1170. The Morgan fingerprint density at radius 3 is 2.51 bits per heavy atom. The van der Waals surface area contributed by atoms with Crippen LogP contribution in [-0.2, 0) is 6.42 Å². The molecule has 7 heteroatoms. The van der Waals surface area contributed by atoms with Crippen molar-refractivity contribution in [3.05, 3.63) is 65.4 Å². The van der Waals surface area contributed by atoms with Crippen LogP contribution in [0.3, 0.4) is 0 Å². The highest BCUT2D eigenvalue weighted by Gasteiger charge is 2.46. The van der Waals surface area contributed by atoms with Gasteiger partial charge in [-0.25, -0.2) is 9.38 Å². The first-order valence-electron chi connectivity index (χ1n) is 13.2. The van der Waals surface area contributed by atoms with Gasteiger partial charge in [0.15, 0.2) is 0 Å². The fourth-order valence-electron chi connectivity index (χ4n) is 5.78. The minimum atomic E-state index is -0.662. The summed E-state index contributed by atoms with van der Waals surface area (Å²) in [6, 6.07) is 13.0. The summed E-state index contributed by atoms with van der Waals surface area (Å²) in [7, 11) is 0. The second-order valence-electron chi connectivity index (χ2n) is 11.1. The molecule has 0 aliphatic carbocycles. The van der Waals surface area contributed by atoms with E-state index in [4.69, 9.17) is 0 Å². The van der Waals surface area contributed by atoms with Gasteiger partial charge in [-0.1, -0.05) is 31.2 Å². The van der Waals surface area contributed by atoms with Crippen molar-refractivity contribution >= 4 is 18.7 Å². The van der Waals surface area contributed by atoms with Crippen LogP contribution in [0.1, 0.15) is 46.1 Å². The maximum atomic E-state index is 14.3. The fourth-order valence-corrected chi connectivity index (χ4v) is 5.78. The van der Waals surface area contributed by atoms with E-state index in [1.54, 1.807) is 12.1 Å². The van der Waals surface area contributed by atoms with Crippen LogP contribution < -0.4 is 5.32 Å². The number of anilines is 1. The van der Waals surface area contributed by atoms with E-state index >= 15 is 0 Å². The molecular formula is C30H40FN5O. The first kappa shape index (κ1) is 27.0. The number of aryl methyl sites for hydroxylation is 1. The number of benzene rings is 2. The van der Waals surface area contributed by atoms with Crippen molar-refractivity contribution in [1.82, 2.24) is 9.80 Å². The van der Waals surface area contributed by atoms with Gasteiger partial charge in [-0.15, -0.1) is 0 Å². The number of likely N-dealkylation sites (tertiary alicyclic amines) is 2. The summed E-state index contributed by atoms with van der Waals surface area (Å²) >= 11 is 0. The Labute approximate surface area is 220 Å². The third-order valence-corrected chi connectivity index (χ3v) is 7.44. The first-order chi connectivity index (χ1) is 17.6. The van der Waals surface area contributed by atoms with Gasteiger partial charge in [0.05, 0.1) is 11.3 Å². The number of allylic oxidation sites excluding steroid dienone is 1. The fraction of sp³-hybridized carbons (Fsp3) is 0.467. The van der Waals surface area contributed by atoms with E-state index in [2.05, 4.69) is 44.8 Å². The van der Waals surface area contributed by atoms with Crippen molar-refractivity contribution in [2.45, 2.75) is 52.6 Å². The molecule has 1 spiro atoms. The van der Waals surface area contributed by atoms with Crippen molar-refractivity contribution in [1.29, 1.82) is 0 Å². The van der Waals surface area contributed by atoms with Gasteiger partial charge in [-0.3, -0.25) is 9.89 Å². The zero-order valence-corrected chi connectivity index (χ0v) is 22.6. The Morgan fingerprint density at radius 1 is 1.16 bits per heavy atom. The Morgan fingerprint density at radius 2 is 1.86 bits per heavy atom. The van der Waals surface area contributed by atoms with Crippen LogP contribution in [0.15, 0.2) is 64.0 Å². The molecule has 2 aliphatic heterocycles. The lowest BCUT2D eigenvalue weighted by Gasteiger charge is -2.55. The molecular weight excluding hydrogens is 465 g/mol. The van der Waals surface area contributed by atoms with Gasteiger partial charge in [0.2, 0.25) is 0 Å².